The molecule has 0 bridgehead atoms. The summed E-state index contributed by atoms with van der Waals surface area (Å²) in [6.45, 7) is 2.03. The number of hydrogen-bond acceptors (Lipinski definition) is 2. The highest BCUT2D eigenvalue weighted by Crippen LogP contribution is 2.30. The third-order valence-electron chi connectivity index (χ3n) is 3.33. The SMILES string of the molecule is COc1ccc(-c2cc(C)c3ccc(O)cc3[o+]2)cc1.[Cl-]. The topological polar surface area (TPSA) is 40.8 Å². The lowest BCUT2D eigenvalue weighted by atomic mass is 10.1. The summed E-state index contributed by atoms with van der Waals surface area (Å²) < 4.78 is 11.0. The van der Waals surface area contributed by atoms with E-state index >= 15 is 0 Å². The molecule has 0 aliphatic carbocycles. The zero-order valence-corrected chi connectivity index (χ0v) is 12.5. The lowest BCUT2D eigenvalue weighted by molar-refractivity contribution is -0.00000593. The Hall–Kier alpha value is -2.26. The van der Waals surface area contributed by atoms with Crippen molar-refractivity contribution in [1.29, 1.82) is 0 Å². The van der Waals surface area contributed by atoms with Crippen molar-refractivity contribution in [2.24, 2.45) is 0 Å². The second-order valence-corrected chi connectivity index (χ2v) is 4.70. The Morgan fingerprint density at radius 1 is 1.00 bits per heavy atom. The minimum Gasteiger partial charge on any atom is -1.00 e. The van der Waals surface area contributed by atoms with Crippen LogP contribution < -0.4 is 17.1 Å². The van der Waals surface area contributed by atoms with Gasteiger partial charge in [-0.05, 0) is 48.9 Å². The largest absolute Gasteiger partial charge is 1.00 e. The van der Waals surface area contributed by atoms with Gasteiger partial charge < -0.3 is 22.3 Å². The molecule has 4 heteroatoms. The van der Waals surface area contributed by atoms with Crippen LogP contribution in [0.2, 0.25) is 0 Å². The number of benzene rings is 2. The van der Waals surface area contributed by atoms with E-state index in [1.54, 1.807) is 19.2 Å². The molecule has 0 unspecified atom stereocenters. The third kappa shape index (κ3) is 2.93. The molecule has 108 valence electrons. The van der Waals surface area contributed by atoms with Crippen LogP contribution in [-0.2, 0) is 0 Å². The zero-order chi connectivity index (χ0) is 14.1. The first-order chi connectivity index (χ1) is 9.67. The highest BCUT2D eigenvalue weighted by Gasteiger charge is 2.17. The summed E-state index contributed by atoms with van der Waals surface area (Å²) in [5, 5.41) is 10.6. The van der Waals surface area contributed by atoms with Crippen LogP contribution in [-0.4, -0.2) is 12.2 Å². The number of ether oxygens (including phenoxy) is 1. The second kappa shape index (κ2) is 6.02. The smallest absolute Gasteiger partial charge is 0.364 e. The van der Waals surface area contributed by atoms with Crippen molar-refractivity contribution in [1.82, 2.24) is 0 Å². The number of aromatic hydroxyl groups is 1. The molecule has 0 spiro atoms. The number of aryl methyl sites for hydroxylation is 1. The Balaban J connectivity index is 0.00000161. The first-order valence-electron chi connectivity index (χ1n) is 6.38. The van der Waals surface area contributed by atoms with Crippen molar-refractivity contribution in [3.63, 3.8) is 0 Å². The van der Waals surface area contributed by atoms with Gasteiger partial charge in [-0.3, -0.25) is 0 Å². The minimum atomic E-state index is 0. The fourth-order valence-electron chi connectivity index (χ4n) is 2.24. The van der Waals surface area contributed by atoms with Gasteiger partial charge in [-0.1, -0.05) is 0 Å². The van der Waals surface area contributed by atoms with E-state index < -0.39 is 0 Å². The summed E-state index contributed by atoms with van der Waals surface area (Å²) in [7, 11) is 1.64. The van der Waals surface area contributed by atoms with E-state index in [1.165, 1.54) is 0 Å². The normalized spacial score (nSPS) is 10.2. The van der Waals surface area contributed by atoms with Crippen LogP contribution in [0.5, 0.6) is 11.5 Å². The van der Waals surface area contributed by atoms with Crippen LogP contribution in [0.15, 0.2) is 52.9 Å². The molecule has 3 rings (SSSR count). The molecule has 21 heavy (non-hydrogen) atoms. The first kappa shape index (κ1) is 15.1. The van der Waals surface area contributed by atoms with Gasteiger partial charge in [0.15, 0.2) is 0 Å². The van der Waals surface area contributed by atoms with E-state index in [2.05, 4.69) is 0 Å². The molecule has 0 radical (unpaired) electrons. The predicted octanol–water partition coefficient (Wildman–Crippen LogP) is 1.41. The molecular formula is C17H15ClO3. The Labute approximate surface area is 129 Å². The predicted molar refractivity (Wildman–Crippen MR) is 79.0 cm³/mol. The summed E-state index contributed by atoms with van der Waals surface area (Å²) in [5.41, 5.74) is 2.76. The van der Waals surface area contributed by atoms with Gasteiger partial charge in [0.05, 0.1) is 24.1 Å². The molecule has 3 nitrogen and oxygen atoms in total. The van der Waals surface area contributed by atoms with Crippen molar-refractivity contribution in [2.45, 2.75) is 6.92 Å². The molecule has 0 aliphatic heterocycles. The van der Waals surface area contributed by atoms with Crippen molar-refractivity contribution >= 4 is 11.0 Å². The van der Waals surface area contributed by atoms with E-state index in [0.717, 1.165) is 28.0 Å². The fourth-order valence-corrected chi connectivity index (χ4v) is 2.24. The monoisotopic (exact) mass is 302 g/mol. The van der Waals surface area contributed by atoms with Crippen molar-refractivity contribution in [2.75, 3.05) is 7.11 Å². The van der Waals surface area contributed by atoms with Crippen LogP contribution in [0.4, 0.5) is 0 Å². The van der Waals surface area contributed by atoms with E-state index in [4.69, 9.17) is 9.15 Å². The van der Waals surface area contributed by atoms with Crippen LogP contribution in [0.25, 0.3) is 22.3 Å². The third-order valence-corrected chi connectivity index (χ3v) is 3.33. The fraction of sp³-hybridized carbons (Fsp3) is 0.118. The van der Waals surface area contributed by atoms with Crippen molar-refractivity contribution < 1.29 is 26.7 Å². The summed E-state index contributed by atoms with van der Waals surface area (Å²) >= 11 is 0. The highest BCUT2D eigenvalue weighted by molar-refractivity contribution is 5.83. The maximum absolute atomic E-state index is 9.57. The average molecular weight is 303 g/mol. The van der Waals surface area contributed by atoms with Crippen LogP contribution in [0.1, 0.15) is 5.56 Å². The quantitative estimate of drug-likeness (QED) is 0.728. The van der Waals surface area contributed by atoms with Crippen molar-refractivity contribution in [3.8, 4) is 22.8 Å². The zero-order valence-electron chi connectivity index (χ0n) is 11.8. The molecule has 1 heterocycles. The Morgan fingerprint density at radius 3 is 2.38 bits per heavy atom. The number of hydrogen-bond donors (Lipinski definition) is 1. The number of phenols is 1. The standard InChI is InChI=1S/C17H14O3.ClH/c1-11-9-16(12-3-6-14(19-2)7-4-12)20-17-10-13(18)5-8-15(11)17;/h3-10H,1-2H3;1H. The molecule has 0 fully saturated rings. The van der Waals surface area contributed by atoms with Gasteiger partial charge in [0.2, 0.25) is 0 Å². The number of methoxy groups -OCH3 is 1. The molecular weight excluding hydrogens is 288 g/mol. The minimum absolute atomic E-state index is 0. The Kier molecular flexibility index (Phi) is 4.34. The van der Waals surface area contributed by atoms with Gasteiger partial charge in [-0.15, -0.1) is 0 Å². The van der Waals surface area contributed by atoms with E-state index in [0.29, 0.717) is 5.58 Å². The molecule has 0 saturated carbocycles. The molecule has 1 N–H and O–H groups in total. The molecule has 0 saturated heterocycles. The molecule has 0 amide bonds. The van der Waals surface area contributed by atoms with Gasteiger partial charge in [-0.2, -0.15) is 0 Å². The molecule has 1 aromatic heterocycles. The van der Waals surface area contributed by atoms with Gasteiger partial charge >= 0.3 is 11.3 Å². The average Bonchev–Trinajstić information content (AvgIpc) is 2.46. The second-order valence-electron chi connectivity index (χ2n) is 4.70. The van der Waals surface area contributed by atoms with Gasteiger partial charge in [-0.25, -0.2) is 4.42 Å². The Bertz CT molecular complexity index is 767. The van der Waals surface area contributed by atoms with E-state index in [9.17, 15) is 5.11 Å². The van der Waals surface area contributed by atoms with Crippen molar-refractivity contribution in [3.05, 3.63) is 54.1 Å². The number of rotatable bonds is 2. The first-order valence-corrected chi connectivity index (χ1v) is 6.38. The number of fused-ring (bicyclic) bond motifs is 1. The van der Waals surface area contributed by atoms with E-state index in [1.807, 2.05) is 43.3 Å². The maximum atomic E-state index is 9.57. The van der Waals surface area contributed by atoms with Gasteiger partial charge in [0, 0.05) is 6.07 Å². The number of halogens is 1. The molecule has 3 aromatic rings. The highest BCUT2D eigenvalue weighted by atomic mass is 35.5. The molecule has 0 atom stereocenters. The van der Waals surface area contributed by atoms with Crippen LogP contribution in [0.3, 0.4) is 0 Å². The van der Waals surface area contributed by atoms with Gasteiger partial charge in [0.25, 0.3) is 0 Å². The summed E-state index contributed by atoms with van der Waals surface area (Å²) in [6.07, 6.45) is 0. The molecule has 0 aliphatic rings. The summed E-state index contributed by atoms with van der Waals surface area (Å²) in [6, 6.07) is 14.9. The van der Waals surface area contributed by atoms with Crippen LogP contribution in [0, 0.1) is 6.92 Å². The summed E-state index contributed by atoms with van der Waals surface area (Å²) in [5.74, 6) is 1.78. The lowest BCUT2D eigenvalue weighted by Crippen LogP contribution is -3.00. The number of phenolic OH excluding ortho intramolecular Hbond substituents is 1. The Morgan fingerprint density at radius 2 is 1.71 bits per heavy atom. The lowest BCUT2D eigenvalue weighted by Gasteiger charge is -2.00. The van der Waals surface area contributed by atoms with E-state index in [-0.39, 0.29) is 18.2 Å². The maximum Gasteiger partial charge on any atom is 0.364 e. The van der Waals surface area contributed by atoms with Crippen LogP contribution >= 0.6 is 0 Å². The summed E-state index contributed by atoms with van der Waals surface area (Å²) in [4.78, 5) is 0. The molecule has 2 aromatic carbocycles. The van der Waals surface area contributed by atoms with Gasteiger partial charge in [0.1, 0.15) is 11.5 Å².